The molecule has 2 fully saturated rings. The molecule has 2 heterocycles. The summed E-state index contributed by atoms with van der Waals surface area (Å²) in [5.74, 6) is 0.276. The third-order valence-corrected chi connectivity index (χ3v) is 4.02. The zero-order valence-corrected chi connectivity index (χ0v) is 12.3. The molecule has 0 bridgehead atoms. The Balaban J connectivity index is 0.00000180. The van der Waals surface area contributed by atoms with Crippen LogP contribution in [0.2, 0.25) is 0 Å². The van der Waals surface area contributed by atoms with Crippen molar-refractivity contribution >= 4 is 24.2 Å². The Morgan fingerprint density at radius 1 is 1.16 bits per heavy atom. The van der Waals surface area contributed by atoms with Gasteiger partial charge in [-0.25, -0.2) is 0 Å². The van der Waals surface area contributed by atoms with Gasteiger partial charge in [-0.1, -0.05) is 0 Å². The minimum absolute atomic E-state index is 0. The molecule has 2 N–H and O–H groups in total. The highest BCUT2D eigenvalue weighted by Gasteiger charge is 2.35. The van der Waals surface area contributed by atoms with E-state index < -0.39 is 0 Å². The highest BCUT2D eigenvalue weighted by molar-refractivity contribution is 5.88. The van der Waals surface area contributed by atoms with Crippen molar-refractivity contribution in [3.8, 4) is 0 Å². The topological polar surface area (TPSA) is 61.4 Å². The summed E-state index contributed by atoms with van der Waals surface area (Å²) in [5, 5.41) is 5.94. The summed E-state index contributed by atoms with van der Waals surface area (Å²) in [7, 11) is 1.64. The first-order valence-electron chi connectivity index (χ1n) is 6.97. The van der Waals surface area contributed by atoms with Crippen LogP contribution in [0.5, 0.6) is 0 Å². The number of carbonyl (C=O) groups excluding carboxylic acids is 2. The summed E-state index contributed by atoms with van der Waals surface area (Å²) < 4.78 is 0. The lowest BCUT2D eigenvalue weighted by Crippen LogP contribution is -2.53. The van der Waals surface area contributed by atoms with Crippen LogP contribution >= 0.6 is 12.4 Å². The fourth-order valence-electron chi connectivity index (χ4n) is 2.94. The summed E-state index contributed by atoms with van der Waals surface area (Å²) >= 11 is 0. The van der Waals surface area contributed by atoms with Crippen LogP contribution in [0.4, 0.5) is 0 Å². The number of piperidine rings is 2. The summed E-state index contributed by atoms with van der Waals surface area (Å²) in [6.45, 7) is 2.56. The molecule has 2 saturated heterocycles. The lowest BCUT2D eigenvalue weighted by atomic mass is 9.93. The van der Waals surface area contributed by atoms with E-state index in [0.717, 1.165) is 51.7 Å². The lowest BCUT2D eigenvalue weighted by molar-refractivity contribution is -0.145. The highest BCUT2D eigenvalue weighted by atomic mass is 35.5. The maximum absolute atomic E-state index is 12.5. The first-order chi connectivity index (χ1) is 8.74. The molecule has 2 aliphatic heterocycles. The van der Waals surface area contributed by atoms with E-state index in [9.17, 15) is 9.59 Å². The van der Waals surface area contributed by atoms with Crippen molar-refractivity contribution in [2.45, 2.75) is 38.1 Å². The van der Waals surface area contributed by atoms with Gasteiger partial charge in [0.25, 0.3) is 0 Å². The van der Waals surface area contributed by atoms with Crippen molar-refractivity contribution in [3.05, 3.63) is 0 Å². The molecule has 5 nitrogen and oxygen atoms in total. The number of halogens is 1. The molecule has 0 radical (unpaired) electrons. The molecule has 1 atom stereocenters. The van der Waals surface area contributed by atoms with Crippen LogP contribution in [0.1, 0.15) is 32.1 Å². The molecule has 0 saturated carbocycles. The Morgan fingerprint density at radius 3 is 2.47 bits per heavy atom. The van der Waals surface area contributed by atoms with E-state index in [0.29, 0.717) is 0 Å². The second-order valence-electron chi connectivity index (χ2n) is 5.18. The van der Waals surface area contributed by atoms with Crippen LogP contribution in [-0.4, -0.2) is 49.4 Å². The number of amides is 2. The van der Waals surface area contributed by atoms with Crippen molar-refractivity contribution in [1.82, 2.24) is 15.5 Å². The highest BCUT2D eigenvalue weighted by Crippen LogP contribution is 2.23. The molecule has 2 amide bonds. The average Bonchev–Trinajstić information content (AvgIpc) is 2.46. The Hall–Kier alpha value is -0.810. The van der Waals surface area contributed by atoms with Gasteiger partial charge in [-0.2, -0.15) is 0 Å². The van der Waals surface area contributed by atoms with Crippen LogP contribution in [0.15, 0.2) is 0 Å². The maximum atomic E-state index is 12.5. The van der Waals surface area contributed by atoms with Crippen LogP contribution in [-0.2, 0) is 9.59 Å². The number of likely N-dealkylation sites (tertiary alicyclic amines) is 1. The number of nitrogens with one attached hydrogen (secondary N) is 2. The number of nitrogens with zero attached hydrogens (tertiary/aromatic N) is 1. The monoisotopic (exact) mass is 289 g/mol. The van der Waals surface area contributed by atoms with Gasteiger partial charge in [0.05, 0.1) is 0 Å². The molecule has 0 aliphatic carbocycles. The zero-order chi connectivity index (χ0) is 13.0. The molecule has 0 aromatic heterocycles. The fraction of sp³-hybridized carbons (Fsp3) is 0.846. The van der Waals surface area contributed by atoms with Crippen molar-refractivity contribution in [2.24, 2.45) is 5.92 Å². The summed E-state index contributed by atoms with van der Waals surface area (Å²) in [5.41, 5.74) is 0. The predicted molar refractivity (Wildman–Crippen MR) is 76.3 cm³/mol. The van der Waals surface area contributed by atoms with E-state index in [1.165, 1.54) is 0 Å². The molecule has 0 spiro atoms. The number of likely N-dealkylation sites (N-methyl/N-ethyl adjacent to an activating group) is 1. The molecule has 110 valence electrons. The van der Waals surface area contributed by atoms with Crippen LogP contribution < -0.4 is 10.6 Å². The standard InChI is InChI=1S/C13H23N3O2.ClH/c1-14-12(17)11-4-2-3-9-16(11)13(18)10-5-7-15-8-6-10;/h10-11,15H,2-9H2,1H3,(H,14,17);1H. The number of rotatable bonds is 2. The Kier molecular flexibility index (Phi) is 6.58. The fourth-order valence-corrected chi connectivity index (χ4v) is 2.94. The Labute approximate surface area is 120 Å². The van der Waals surface area contributed by atoms with Crippen molar-refractivity contribution in [1.29, 1.82) is 0 Å². The van der Waals surface area contributed by atoms with E-state index in [-0.39, 0.29) is 36.2 Å². The molecule has 6 heteroatoms. The van der Waals surface area contributed by atoms with Crippen LogP contribution in [0.25, 0.3) is 0 Å². The van der Waals surface area contributed by atoms with Gasteiger partial charge >= 0.3 is 0 Å². The quantitative estimate of drug-likeness (QED) is 0.780. The van der Waals surface area contributed by atoms with Gasteiger partial charge in [0.1, 0.15) is 6.04 Å². The molecule has 2 rings (SSSR count). The smallest absolute Gasteiger partial charge is 0.242 e. The summed E-state index contributed by atoms with van der Waals surface area (Å²) in [6, 6.07) is -0.244. The van der Waals surface area contributed by atoms with Crippen LogP contribution in [0.3, 0.4) is 0 Å². The lowest BCUT2D eigenvalue weighted by Gasteiger charge is -2.37. The van der Waals surface area contributed by atoms with Gasteiger partial charge in [0.2, 0.25) is 11.8 Å². The average molecular weight is 290 g/mol. The molecule has 19 heavy (non-hydrogen) atoms. The van der Waals surface area contributed by atoms with E-state index in [1.54, 1.807) is 7.05 Å². The van der Waals surface area contributed by atoms with E-state index in [1.807, 2.05) is 4.90 Å². The van der Waals surface area contributed by atoms with Crippen molar-refractivity contribution in [3.63, 3.8) is 0 Å². The van der Waals surface area contributed by atoms with Gasteiger partial charge < -0.3 is 15.5 Å². The number of carbonyl (C=O) groups is 2. The van der Waals surface area contributed by atoms with E-state index >= 15 is 0 Å². The van der Waals surface area contributed by atoms with Gasteiger partial charge in [-0.3, -0.25) is 9.59 Å². The van der Waals surface area contributed by atoms with Gasteiger partial charge in [-0.15, -0.1) is 12.4 Å². The second-order valence-corrected chi connectivity index (χ2v) is 5.18. The first-order valence-corrected chi connectivity index (χ1v) is 6.97. The van der Waals surface area contributed by atoms with Gasteiger partial charge in [0.15, 0.2) is 0 Å². The minimum Gasteiger partial charge on any atom is -0.357 e. The third-order valence-electron chi connectivity index (χ3n) is 4.02. The van der Waals surface area contributed by atoms with E-state index in [4.69, 9.17) is 0 Å². The van der Waals surface area contributed by atoms with E-state index in [2.05, 4.69) is 10.6 Å². The third kappa shape index (κ3) is 3.83. The minimum atomic E-state index is -0.244. The largest absolute Gasteiger partial charge is 0.357 e. The van der Waals surface area contributed by atoms with Crippen molar-refractivity contribution < 1.29 is 9.59 Å². The summed E-state index contributed by atoms with van der Waals surface area (Å²) in [4.78, 5) is 26.2. The number of hydrogen-bond acceptors (Lipinski definition) is 3. The molecular weight excluding hydrogens is 266 g/mol. The normalized spacial score (nSPS) is 24.5. The van der Waals surface area contributed by atoms with Crippen LogP contribution in [0, 0.1) is 5.92 Å². The maximum Gasteiger partial charge on any atom is 0.242 e. The second kappa shape index (κ2) is 7.70. The first kappa shape index (κ1) is 16.2. The van der Waals surface area contributed by atoms with Crippen molar-refractivity contribution in [2.75, 3.05) is 26.7 Å². The zero-order valence-electron chi connectivity index (χ0n) is 11.5. The predicted octanol–water partition coefficient (Wildman–Crippen LogP) is 0.535. The molecule has 0 aromatic carbocycles. The Morgan fingerprint density at radius 2 is 1.84 bits per heavy atom. The molecule has 2 aliphatic rings. The van der Waals surface area contributed by atoms with Gasteiger partial charge in [0, 0.05) is 19.5 Å². The molecule has 0 aromatic rings. The molecular formula is C13H24ClN3O2. The molecule has 1 unspecified atom stereocenters. The number of hydrogen-bond donors (Lipinski definition) is 2. The Bertz CT molecular complexity index is 319. The van der Waals surface area contributed by atoms with Gasteiger partial charge in [-0.05, 0) is 45.2 Å². The summed E-state index contributed by atoms with van der Waals surface area (Å²) in [6.07, 6.45) is 4.65. The SMILES string of the molecule is CNC(=O)C1CCCCN1C(=O)C1CCNCC1.Cl.